The second kappa shape index (κ2) is 14.5. The summed E-state index contributed by atoms with van der Waals surface area (Å²) in [5, 5.41) is 3.33. The number of nitrogens with one attached hydrogen (secondary N) is 1. The molecule has 1 saturated carbocycles. The SMILES string of the molecule is CCCCOc1ccc(C[C@@H](CN2CCCC2)NC(=O)CCCCCOC2CCC2)cc1. The maximum absolute atomic E-state index is 12.6. The Hall–Kier alpha value is -1.59. The van der Waals surface area contributed by atoms with Gasteiger partial charge in [-0.3, -0.25) is 4.79 Å². The third-order valence-corrected chi connectivity index (χ3v) is 6.67. The molecule has 0 unspecified atom stereocenters. The van der Waals surface area contributed by atoms with Crippen molar-refractivity contribution in [2.75, 3.05) is 32.8 Å². The fourth-order valence-electron chi connectivity index (χ4n) is 4.43. The molecule has 5 heteroatoms. The zero-order chi connectivity index (χ0) is 22.4. The third kappa shape index (κ3) is 9.50. The van der Waals surface area contributed by atoms with Gasteiger partial charge in [-0.25, -0.2) is 0 Å². The van der Waals surface area contributed by atoms with E-state index in [2.05, 4.69) is 41.4 Å². The highest BCUT2D eigenvalue weighted by atomic mass is 16.5. The van der Waals surface area contributed by atoms with Crippen molar-refractivity contribution in [3.05, 3.63) is 29.8 Å². The average Bonchev–Trinajstić information content (AvgIpc) is 3.26. The Morgan fingerprint density at radius 1 is 1.03 bits per heavy atom. The minimum absolute atomic E-state index is 0.161. The Bertz CT molecular complexity index is 639. The molecule has 2 aliphatic rings. The first-order valence-electron chi connectivity index (χ1n) is 13.1. The van der Waals surface area contributed by atoms with E-state index in [1.54, 1.807) is 0 Å². The van der Waals surface area contributed by atoms with Crippen LogP contribution >= 0.6 is 0 Å². The predicted octanol–water partition coefficient (Wildman–Crippen LogP) is 5.12. The van der Waals surface area contributed by atoms with Crippen LogP contribution in [0.3, 0.4) is 0 Å². The molecule has 0 spiro atoms. The summed E-state index contributed by atoms with van der Waals surface area (Å²) in [5.41, 5.74) is 1.26. The number of nitrogens with zero attached hydrogens (tertiary/aromatic N) is 1. The Kier molecular flexibility index (Phi) is 11.4. The molecule has 0 radical (unpaired) electrons. The number of hydrogen-bond acceptors (Lipinski definition) is 4. The number of carbonyl (C=O) groups is 1. The van der Waals surface area contributed by atoms with Crippen LogP contribution in [-0.2, 0) is 16.0 Å². The lowest BCUT2D eigenvalue weighted by Crippen LogP contribution is -2.44. The van der Waals surface area contributed by atoms with Crippen LogP contribution in [0.25, 0.3) is 0 Å². The maximum Gasteiger partial charge on any atom is 0.220 e. The largest absolute Gasteiger partial charge is 0.494 e. The molecule has 1 atom stereocenters. The molecule has 1 N–H and O–H groups in total. The van der Waals surface area contributed by atoms with Gasteiger partial charge in [0.15, 0.2) is 0 Å². The maximum atomic E-state index is 12.6. The molecule has 1 heterocycles. The molecular formula is C27H44N2O3. The standard InChI is InChI=1S/C27H44N2O3/c1-2-3-19-31-26-15-13-23(14-16-26)21-24(22-29-17-6-7-18-29)28-27(30)12-5-4-8-20-32-25-10-9-11-25/h13-16,24-25H,2-12,17-22H2,1H3,(H,28,30)/t24-/m0/s1. The van der Waals surface area contributed by atoms with E-state index in [0.29, 0.717) is 12.5 Å². The van der Waals surface area contributed by atoms with E-state index < -0.39 is 0 Å². The first kappa shape index (κ1) is 25.0. The normalized spacial score (nSPS) is 17.8. The second-order valence-corrected chi connectivity index (χ2v) is 9.56. The van der Waals surface area contributed by atoms with Crippen molar-refractivity contribution >= 4 is 5.91 Å². The Labute approximate surface area is 195 Å². The molecule has 1 saturated heterocycles. The molecule has 0 aromatic heterocycles. The van der Waals surface area contributed by atoms with Crippen molar-refractivity contribution in [3.8, 4) is 5.75 Å². The molecule has 0 bridgehead atoms. The topological polar surface area (TPSA) is 50.8 Å². The summed E-state index contributed by atoms with van der Waals surface area (Å²) in [4.78, 5) is 15.1. The van der Waals surface area contributed by atoms with Crippen molar-refractivity contribution in [3.63, 3.8) is 0 Å². The van der Waals surface area contributed by atoms with Crippen LogP contribution in [0.1, 0.15) is 83.1 Å². The number of unbranched alkanes of at least 4 members (excludes halogenated alkanes) is 3. The van der Waals surface area contributed by atoms with E-state index in [9.17, 15) is 4.79 Å². The quantitative estimate of drug-likeness (QED) is 0.360. The molecule has 3 rings (SSSR count). The summed E-state index contributed by atoms with van der Waals surface area (Å²) >= 11 is 0. The van der Waals surface area contributed by atoms with Crippen LogP contribution < -0.4 is 10.1 Å². The van der Waals surface area contributed by atoms with Gasteiger partial charge < -0.3 is 19.7 Å². The lowest BCUT2D eigenvalue weighted by Gasteiger charge is -2.25. The summed E-state index contributed by atoms with van der Waals surface area (Å²) in [6.07, 6.45) is 13.6. The van der Waals surface area contributed by atoms with Gasteiger partial charge in [-0.15, -0.1) is 0 Å². The first-order chi connectivity index (χ1) is 15.7. The van der Waals surface area contributed by atoms with Gasteiger partial charge in [0.25, 0.3) is 0 Å². The van der Waals surface area contributed by atoms with Crippen molar-refractivity contribution < 1.29 is 14.3 Å². The van der Waals surface area contributed by atoms with Gasteiger partial charge in [-0.1, -0.05) is 31.9 Å². The number of carbonyl (C=O) groups excluding carboxylic acids is 1. The van der Waals surface area contributed by atoms with Crippen LogP contribution in [0.4, 0.5) is 0 Å². The third-order valence-electron chi connectivity index (χ3n) is 6.67. The van der Waals surface area contributed by atoms with Crippen LogP contribution in [0.5, 0.6) is 5.75 Å². The minimum atomic E-state index is 0.161. The van der Waals surface area contributed by atoms with Gasteiger partial charge in [0.2, 0.25) is 5.91 Å². The average molecular weight is 445 g/mol. The fourth-order valence-corrected chi connectivity index (χ4v) is 4.43. The van der Waals surface area contributed by atoms with E-state index >= 15 is 0 Å². The number of benzene rings is 1. The van der Waals surface area contributed by atoms with Crippen molar-refractivity contribution in [2.45, 2.75) is 96.1 Å². The highest BCUT2D eigenvalue weighted by Crippen LogP contribution is 2.22. The van der Waals surface area contributed by atoms with Crippen LogP contribution in [0.15, 0.2) is 24.3 Å². The van der Waals surface area contributed by atoms with Gasteiger partial charge in [-0.2, -0.15) is 0 Å². The predicted molar refractivity (Wildman–Crippen MR) is 130 cm³/mol. The molecule has 1 aromatic rings. The van der Waals surface area contributed by atoms with Gasteiger partial charge in [-0.05, 0) is 88.6 Å². The van der Waals surface area contributed by atoms with E-state index in [1.807, 2.05) is 0 Å². The molecule has 2 fully saturated rings. The lowest BCUT2D eigenvalue weighted by molar-refractivity contribution is -0.122. The Morgan fingerprint density at radius 3 is 2.50 bits per heavy atom. The molecule has 5 nitrogen and oxygen atoms in total. The van der Waals surface area contributed by atoms with Crippen LogP contribution in [-0.4, -0.2) is 55.8 Å². The number of amides is 1. The molecule has 1 aromatic carbocycles. The van der Waals surface area contributed by atoms with Gasteiger partial charge in [0.05, 0.1) is 12.7 Å². The fraction of sp³-hybridized carbons (Fsp3) is 0.741. The molecular weight excluding hydrogens is 400 g/mol. The smallest absolute Gasteiger partial charge is 0.220 e. The summed E-state index contributed by atoms with van der Waals surface area (Å²) < 4.78 is 11.6. The zero-order valence-corrected chi connectivity index (χ0v) is 20.2. The Balaban J connectivity index is 1.39. The number of hydrogen-bond donors (Lipinski definition) is 1. The van der Waals surface area contributed by atoms with E-state index in [0.717, 1.165) is 77.1 Å². The molecule has 1 aliphatic heterocycles. The van der Waals surface area contributed by atoms with Gasteiger partial charge >= 0.3 is 0 Å². The molecule has 1 aliphatic carbocycles. The van der Waals surface area contributed by atoms with Crippen molar-refractivity contribution in [1.82, 2.24) is 10.2 Å². The van der Waals surface area contributed by atoms with Gasteiger partial charge in [0, 0.05) is 25.6 Å². The number of likely N-dealkylation sites (tertiary alicyclic amines) is 1. The Morgan fingerprint density at radius 2 is 1.81 bits per heavy atom. The number of rotatable bonds is 16. The van der Waals surface area contributed by atoms with E-state index in [1.165, 1.54) is 37.7 Å². The first-order valence-corrected chi connectivity index (χ1v) is 13.1. The molecule has 1 amide bonds. The highest BCUT2D eigenvalue weighted by molar-refractivity contribution is 5.76. The van der Waals surface area contributed by atoms with Crippen LogP contribution in [0, 0.1) is 0 Å². The van der Waals surface area contributed by atoms with Crippen LogP contribution in [0.2, 0.25) is 0 Å². The van der Waals surface area contributed by atoms with E-state index in [-0.39, 0.29) is 11.9 Å². The summed E-state index contributed by atoms with van der Waals surface area (Å²) in [7, 11) is 0. The van der Waals surface area contributed by atoms with E-state index in [4.69, 9.17) is 9.47 Å². The highest BCUT2D eigenvalue weighted by Gasteiger charge is 2.20. The minimum Gasteiger partial charge on any atom is -0.494 e. The number of ether oxygens (including phenoxy) is 2. The van der Waals surface area contributed by atoms with Crippen molar-refractivity contribution in [2.24, 2.45) is 0 Å². The molecule has 180 valence electrons. The van der Waals surface area contributed by atoms with Crippen molar-refractivity contribution in [1.29, 1.82) is 0 Å². The van der Waals surface area contributed by atoms with Gasteiger partial charge in [0.1, 0.15) is 5.75 Å². The monoisotopic (exact) mass is 444 g/mol. The summed E-state index contributed by atoms with van der Waals surface area (Å²) in [5.74, 6) is 1.12. The summed E-state index contributed by atoms with van der Waals surface area (Å²) in [6.45, 7) is 7.04. The lowest BCUT2D eigenvalue weighted by atomic mass is 9.96. The second-order valence-electron chi connectivity index (χ2n) is 9.56. The summed E-state index contributed by atoms with van der Waals surface area (Å²) in [6, 6.07) is 8.57. The molecule has 32 heavy (non-hydrogen) atoms. The zero-order valence-electron chi connectivity index (χ0n) is 20.2.